The van der Waals surface area contributed by atoms with Crippen LogP contribution in [-0.4, -0.2) is 39.4 Å². The highest BCUT2D eigenvalue weighted by Gasteiger charge is 2.15. The van der Waals surface area contributed by atoms with Crippen molar-refractivity contribution in [3.05, 3.63) is 59.3 Å². The van der Waals surface area contributed by atoms with E-state index in [2.05, 4.69) is 27.6 Å². The number of aromatic nitrogens is 3. The van der Waals surface area contributed by atoms with Gasteiger partial charge in [0.25, 0.3) is 5.91 Å². The Kier molecular flexibility index (Phi) is 7.04. The second kappa shape index (κ2) is 9.89. The molecule has 0 fully saturated rings. The number of allylic oxidation sites excluding steroid dienone is 1. The summed E-state index contributed by atoms with van der Waals surface area (Å²) in [7, 11) is 1.61. The highest BCUT2D eigenvalue weighted by Crippen LogP contribution is 2.25. The summed E-state index contributed by atoms with van der Waals surface area (Å²) in [6.07, 6.45) is 1.74. The van der Waals surface area contributed by atoms with Gasteiger partial charge in [-0.15, -0.1) is 28.1 Å². The molecule has 29 heavy (non-hydrogen) atoms. The van der Waals surface area contributed by atoms with Crippen molar-refractivity contribution in [3.8, 4) is 17.1 Å². The van der Waals surface area contributed by atoms with Gasteiger partial charge in [-0.05, 0) is 35.7 Å². The molecule has 0 atom stereocenters. The molecular weight excluding hydrogens is 410 g/mol. The number of carbonyl (C=O) groups is 2. The Morgan fingerprint density at radius 2 is 2.03 bits per heavy atom. The minimum absolute atomic E-state index is 0.0720. The second-order valence-corrected chi connectivity index (χ2v) is 7.59. The minimum atomic E-state index is -0.352. The number of carbonyl (C=O) groups excluding carboxylic acids is 2. The molecule has 0 aliphatic heterocycles. The molecule has 0 saturated carbocycles. The minimum Gasteiger partial charge on any atom is -0.497 e. The number of ether oxygens (including phenoxy) is 1. The maximum Gasteiger partial charge on any atom is 0.279 e. The molecular formula is C19H19N5O3S2. The number of amides is 2. The third-order valence-electron chi connectivity index (χ3n) is 3.77. The van der Waals surface area contributed by atoms with Gasteiger partial charge < -0.3 is 4.74 Å². The first-order chi connectivity index (χ1) is 14.1. The van der Waals surface area contributed by atoms with Crippen molar-refractivity contribution in [2.75, 3.05) is 12.9 Å². The predicted octanol–water partition coefficient (Wildman–Crippen LogP) is 2.75. The van der Waals surface area contributed by atoms with Gasteiger partial charge >= 0.3 is 0 Å². The zero-order valence-corrected chi connectivity index (χ0v) is 17.3. The molecule has 0 radical (unpaired) electrons. The summed E-state index contributed by atoms with van der Waals surface area (Å²) in [5, 5.41) is 10.8. The van der Waals surface area contributed by atoms with Gasteiger partial charge in [0.1, 0.15) is 5.75 Å². The number of rotatable bonds is 8. The summed E-state index contributed by atoms with van der Waals surface area (Å²) in [5.41, 5.74) is 5.66. The van der Waals surface area contributed by atoms with Crippen LogP contribution < -0.4 is 15.6 Å². The third-order valence-corrected chi connectivity index (χ3v) is 5.60. The van der Waals surface area contributed by atoms with Gasteiger partial charge in [-0.1, -0.05) is 23.9 Å². The molecule has 2 amide bonds. The summed E-state index contributed by atoms with van der Waals surface area (Å²) >= 11 is 2.52. The summed E-state index contributed by atoms with van der Waals surface area (Å²) in [6.45, 7) is 4.27. The zero-order valence-electron chi connectivity index (χ0n) is 15.6. The van der Waals surface area contributed by atoms with E-state index in [4.69, 9.17) is 4.74 Å². The molecule has 2 heterocycles. The van der Waals surface area contributed by atoms with E-state index in [1.807, 2.05) is 28.8 Å². The Bertz CT molecular complexity index is 984. The van der Waals surface area contributed by atoms with Gasteiger partial charge in [0.05, 0.1) is 17.7 Å². The fraction of sp³-hybridized carbons (Fsp3) is 0.158. The lowest BCUT2D eigenvalue weighted by atomic mass is 10.2. The van der Waals surface area contributed by atoms with Crippen molar-refractivity contribution >= 4 is 34.9 Å². The maximum absolute atomic E-state index is 12.1. The largest absolute Gasteiger partial charge is 0.497 e. The Morgan fingerprint density at radius 3 is 2.69 bits per heavy atom. The van der Waals surface area contributed by atoms with Crippen LogP contribution in [-0.2, 0) is 11.3 Å². The highest BCUT2D eigenvalue weighted by molar-refractivity contribution is 7.99. The van der Waals surface area contributed by atoms with Gasteiger partial charge in [0.15, 0.2) is 11.0 Å². The molecule has 2 aromatic heterocycles. The zero-order chi connectivity index (χ0) is 20.6. The standard InChI is InChI=1S/C19H19N5O3S2/c1-3-10-24-17(13-6-8-14(27-2)9-7-13)21-23-19(24)29-12-16(25)20-22-18(26)15-5-4-11-28-15/h3-9,11H,1,10,12H2,2H3,(H,20,25)(H,22,26). The van der Waals surface area contributed by atoms with E-state index in [-0.39, 0.29) is 17.6 Å². The van der Waals surface area contributed by atoms with Gasteiger partial charge in [0.2, 0.25) is 5.91 Å². The van der Waals surface area contributed by atoms with Crippen LogP contribution in [0.2, 0.25) is 0 Å². The molecule has 0 bridgehead atoms. The van der Waals surface area contributed by atoms with Crippen molar-refractivity contribution in [1.29, 1.82) is 0 Å². The molecule has 0 saturated heterocycles. The van der Waals surface area contributed by atoms with E-state index in [1.54, 1.807) is 30.7 Å². The Labute approximate surface area is 176 Å². The SMILES string of the molecule is C=CCn1c(SCC(=O)NNC(=O)c2cccs2)nnc1-c1ccc(OC)cc1. The van der Waals surface area contributed by atoms with E-state index in [0.29, 0.717) is 22.4 Å². The Hall–Kier alpha value is -3.11. The number of methoxy groups -OCH3 is 1. The van der Waals surface area contributed by atoms with E-state index in [0.717, 1.165) is 11.3 Å². The van der Waals surface area contributed by atoms with Crippen LogP contribution in [0.3, 0.4) is 0 Å². The van der Waals surface area contributed by atoms with Crippen molar-refractivity contribution in [2.45, 2.75) is 11.7 Å². The molecule has 2 N–H and O–H groups in total. The number of hydrogen-bond donors (Lipinski definition) is 2. The monoisotopic (exact) mass is 429 g/mol. The van der Waals surface area contributed by atoms with Gasteiger partial charge in [-0.2, -0.15) is 0 Å². The topological polar surface area (TPSA) is 98.1 Å². The highest BCUT2D eigenvalue weighted by atomic mass is 32.2. The van der Waals surface area contributed by atoms with Crippen molar-refractivity contribution in [2.24, 2.45) is 0 Å². The number of nitrogens with zero attached hydrogens (tertiary/aromatic N) is 3. The predicted molar refractivity (Wildman–Crippen MR) is 113 cm³/mol. The van der Waals surface area contributed by atoms with Gasteiger partial charge in [-0.3, -0.25) is 25.0 Å². The van der Waals surface area contributed by atoms with Crippen LogP contribution >= 0.6 is 23.1 Å². The molecule has 10 heteroatoms. The van der Waals surface area contributed by atoms with Gasteiger partial charge in [0, 0.05) is 12.1 Å². The maximum atomic E-state index is 12.1. The molecule has 0 aliphatic rings. The van der Waals surface area contributed by atoms with Crippen molar-refractivity contribution < 1.29 is 14.3 Å². The van der Waals surface area contributed by atoms with Crippen LogP contribution in [0.4, 0.5) is 0 Å². The molecule has 0 unspecified atom stereocenters. The lowest BCUT2D eigenvalue weighted by Gasteiger charge is -2.09. The average molecular weight is 430 g/mol. The first kappa shape index (κ1) is 20.6. The number of benzene rings is 1. The van der Waals surface area contributed by atoms with Crippen molar-refractivity contribution in [1.82, 2.24) is 25.6 Å². The number of thiophene rings is 1. The summed E-state index contributed by atoms with van der Waals surface area (Å²) in [6, 6.07) is 10.9. The number of hydrogen-bond acceptors (Lipinski definition) is 7. The molecule has 8 nitrogen and oxygen atoms in total. The fourth-order valence-corrected chi connectivity index (χ4v) is 3.77. The number of hydrazine groups is 1. The van der Waals surface area contributed by atoms with Gasteiger partial charge in [-0.25, -0.2) is 0 Å². The average Bonchev–Trinajstić information content (AvgIpc) is 3.41. The van der Waals surface area contributed by atoms with Crippen LogP contribution in [0, 0.1) is 0 Å². The molecule has 150 valence electrons. The smallest absolute Gasteiger partial charge is 0.279 e. The molecule has 0 aliphatic carbocycles. The third kappa shape index (κ3) is 5.24. The van der Waals surface area contributed by atoms with E-state index in [1.165, 1.54) is 23.1 Å². The van der Waals surface area contributed by atoms with E-state index in [9.17, 15) is 9.59 Å². The molecule has 0 spiro atoms. The van der Waals surface area contributed by atoms with E-state index < -0.39 is 0 Å². The number of nitrogens with one attached hydrogen (secondary N) is 2. The number of thioether (sulfide) groups is 1. The van der Waals surface area contributed by atoms with Crippen LogP contribution in [0.25, 0.3) is 11.4 Å². The summed E-state index contributed by atoms with van der Waals surface area (Å²) < 4.78 is 7.05. The first-order valence-electron chi connectivity index (χ1n) is 8.56. The Balaban J connectivity index is 1.62. The summed E-state index contributed by atoms with van der Waals surface area (Å²) in [4.78, 5) is 24.5. The Morgan fingerprint density at radius 1 is 1.24 bits per heavy atom. The lowest BCUT2D eigenvalue weighted by molar-refractivity contribution is -0.119. The van der Waals surface area contributed by atoms with Crippen molar-refractivity contribution in [3.63, 3.8) is 0 Å². The first-order valence-corrected chi connectivity index (χ1v) is 10.4. The lowest BCUT2D eigenvalue weighted by Crippen LogP contribution is -2.42. The van der Waals surface area contributed by atoms with Crippen LogP contribution in [0.1, 0.15) is 9.67 Å². The molecule has 1 aromatic carbocycles. The second-order valence-electron chi connectivity index (χ2n) is 5.70. The van der Waals surface area contributed by atoms with Crippen LogP contribution in [0.15, 0.2) is 59.6 Å². The summed E-state index contributed by atoms with van der Waals surface area (Å²) in [5.74, 6) is 0.790. The molecule has 3 aromatic rings. The quantitative estimate of drug-likeness (QED) is 0.325. The fourth-order valence-electron chi connectivity index (χ4n) is 2.40. The molecule has 3 rings (SSSR count). The normalized spacial score (nSPS) is 10.4. The van der Waals surface area contributed by atoms with Crippen LogP contribution in [0.5, 0.6) is 5.75 Å². The van der Waals surface area contributed by atoms with E-state index >= 15 is 0 Å².